The summed E-state index contributed by atoms with van der Waals surface area (Å²) in [5, 5.41) is 13.8. The lowest BCUT2D eigenvalue weighted by Gasteiger charge is -2.18. The number of aryl methyl sites for hydroxylation is 2. The first-order valence-corrected chi connectivity index (χ1v) is 8.64. The van der Waals surface area contributed by atoms with Crippen LogP contribution in [0.2, 0.25) is 0 Å². The molecule has 2 aromatic rings. The molecule has 1 aliphatic heterocycles. The van der Waals surface area contributed by atoms with E-state index in [-0.39, 0.29) is 11.5 Å². The Labute approximate surface area is 146 Å². The molecule has 1 atom stereocenters. The lowest BCUT2D eigenvalue weighted by Crippen LogP contribution is -2.31. The Morgan fingerprint density at radius 1 is 1.44 bits per heavy atom. The summed E-state index contributed by atoms with van der Waals surface area (Å²) in [7, 11) is 1.64. The highest BCUT2D eigenvalue weighted by Gasteiger charge is 2.23. The largest absolute Gasteiger partial charge is 0.370 e. The van der Waals surface area contributed by atoms with Gasteiger partial charge in [0.2, 0.25) is 5.91 Å². The van der Waals surface area contributed by atoms with E-state index in [2.05, 4.69) is 25.5 Å². The quantitative estimate of drug-likeness (QED) is 0.761. The van der Waals surface area contributed by atoms with Gasteiger partial charge in [0.1, 0.15) is 0 Å². The van der Waals surface area contributed by atoms with Crippen LogP contribution in [0.5, 0.6) is 0 Å². The van der Waals surface area contributed by atoms with E-state index < -0.39 is 0 Å². The van der Waals surface area contributed by atoms with Crippen molar-refractivity contribution in [1.29, 1.82) is 0 Å². The first kappa shape index (κ1) is 17.2. The molecule has 0 aromatic carbocycles. The summed E-state index contributed by atoms with van der Waals surface area (Å²) in [6.45, 7) is 2.40. The zero-order valence-electron chi connectivity index (χ0n) is 14.4. The molecule has 3 heterocycles. The number of nitrogens with one attached hydrogen (secondary N) is 2. The SMILES string of the molecule is Cn1ncc(N2CC[C@H](CNC(=O)CCCc3cn[nH]c3)C2)cc1=O. The molecule has 2 N–H and O–H groups in total. The molecule has 1 aliphatic rings. The second kappa shape index (κ2) is 7.96. The molecule has 25 heavy (non-hydrogen) atoms. The fourth-order valence-corrected chi connectivity index (χ4v) is 3.08. The van der Waals surface area contributed by atoms with E-state index in [4.69, 9.17) is 0 Å². The number of carbonyl (C=O) groups excluding carboxylic acids is 1. The van der Waals surface area contributed by atoms with E-state index in [1.54, 1.807) is 25.5 Å². The Morgan fingerprint density at radius 3 is 3.08 bits per heavy atom. The summed E-state index contributed by atoms with van der Waals surface area (Å²) >= 11 is 0. The van der Waals surface area contributed by atoms with Crippen LogP contribution in [-0.4, -0.2) is 45.5 Å². The zero-order chi connectivity index (χ0) is 17.6. The Kier molecular flexibility index (Phi) is 5.47. The maximum Gasteiger partial charge on any atom is 0.268 e. The van der Waals surface area contributed by atoms with Crippen LogP contribution in [0, 0.1) is 5.92 Å². The molecular weight excluding hydrogens is 320 g/mol. The average Bonchev–Trinajstić information content (AvgIpc) is 3.27. The molecule has 0 unspecified atom stereocenters. The zero-order valence-corrected chi connectivity index (χ0v) is 14.4. The van der Waals surface area contributed by atoms with E-state index >= 15 is 0 Å². The van der Waals surface area contributed by atoms with Gasteiger partial charge in [-0.1, -0.05) is 0 Å². The first-order chi connectivity index (χ1) is 12.1. The van der Waals surface area contributed by atoms with E-state index in [1.165, 1.54) is 4.68 Å². The Morgan fingerprint density at radius 2 is 2.32 bits per heavy atom. The van der Waals surface area contributed by atoms with Crippen LogP contribution in [0.15, 0.2) is 29.5 Å². The number of aromatic amines is 1. The summed E-state index contributed by atoms with van der Waals surface area (Å²) < 4.78 is 1.32. The smallest absolute Gasteiger partial charge is 0.268 e. The fourth-order valence-electron chi connectivity index (χ4n) is 3.08. The van der Waals surface area contributed by atoms with Gasteiger partial charge >= 0.3 is 0 Å². The Bertz CT molecular complexity index is 755. The molecule has 8 nitrogen and oxygen atoms in total. The molecule has 3 rings (SSSR count). The van der Waals surface area contributed by atoms with Crippen molar-refractivity contribution in [1.82, 2.24) is 25.3 Å². The molecule has 0 saturated carbocycles. The summed E-state index contributed by atoms with van der Waals surface area (Å²) in [6.07, 6.45) is 8.58. The highest BCUT2D eigenvalue weighted by molar-refractivity contribution is 5.75. The van der Waals surface area contributed by atoms with Crippen LogP contribution in [0.25, 0.3) is 0 Å². The van der Waals surface area contributed by atoms with E-state index in [9.17, 15) is 9.59 Å². The van der Waals surface area contributed by atoms with Crippen LogP contribution < -0.4 is 15.8 Å². The number of anilines is 1. The van der Waals surface area contributed by atoms with Crippen LogP contribution in [-0.2, 0) is 18.3 Å². The van der Waals surface area contributed by atoms with Crippen molar-refractivity contribution in [2.24, 2.45) is 13.0 Å². The van der Waals surface area contributed by atoms with Gasteiger partial charge in [0.25, 0.3) is 5.56 Å². The van der Waals surface area contributed by atoms with Gasteiger partial charge < -0.3 is 10.2 Å². The predicted octanol–water partition coefficient (Wildman–Crippen LogP) is 0.469. The number of carbonyl (C=O) groups is 1. The number of nitrogens with zero attached hydrogens (tertiary/aromatic N) is 4. The van der Waals surface area contributed by atoms with E-state index in [0.717, 1.165) is 43.6 Å². The minimum absolute atomic E-state index is 0.0946. The van der Waals surface area contributed by atoms with E-state index in [1.807, 2.05) is 6.20 Å². The number of amides is 1. The van der Waals surface area contributed by atoms with Gasteiger partial charge in [-0.2, -0.15) is 10.2 Å². The van der Waals surface area contributed by atoms with Gasteiger partial charge in [0.15, 0.2) is 0 Å². The second-order valence-electron chi connectivity index (χ2n) is 6.54. The fraction of sp³-hybridized carbons (Fsp3) is 0.529. The molecule has 1 saturated heterocycles. The monoisotopic (exact) mass is 344 g/mol. The molecule has 0 aliphatic carbocycles. The highest BCUT2D eigenvalue weighted by Crippen LogP contribution is 2.21. The maximum absolute atomic E-state index is 12.0. The predicted molar refractivity (Wildman–Crippen MR) is 94.3 cm³/mol. The van der Waals surface area contributed by atoms with Crippen molar-refractivity contribution in [2.45, 2.75) is 25.7 Å². The molecule has 2 aromatic heterocycles. The van der Waals surface area contributed by atoms with Crippen LogP contribution in [0.3, 0.4) is 0 Å². The van der Waals surface area contributed by atoms with Crippen molar-refractivity contribution in [2.75, 3.05) is 24.5 Å². The number of aromatic nitrogens is 4. The third-order valence-corrected chi connectivity index (χ3v) is 4.62. The van der Waals surface area contributed by atoms with Crippen molar-refractivity contribution in [3.8, 4) is 0 Å². The van der Waals surface area contributed by atoms with Gasteiger partial charge in [0, 0.05) is 45.4 Å². The van der Waals surface area contributed by atoms with Crippen LogP contribution >= 0.6 is 0 Å². The van der Waals surface area contributed by atoms with Gasteiger partial charge in [-0.05, 0) is 30.7 Å². The van der Waals surface area contributed by atoms with Crippen LogP contribution in [0.1, 0.15) is 24.8 Å². The second-order valence-corrected chi connectivity index (χ2v) is 6.54. The molecule has 0 spiro atoms. The topological polar surface area (TPSA) is 95.9 Å². The first-order valence-electron chi connectivity index (χ1n) is 8.64. The number of rotatable bonds is 7. The third kappa shape index (κ3) is 4.68. The molecule has 1 fully saturated rings. The van der Waals surface area contributed by atoms with Crippen LogP contribution in [0.4, 0.5) is 5.69 Å². The molecular formula is C17H24N6O2. The standard InChI is InChI=1S/C17H24N6O2/c1-22-17(25)7-15(11-21-22)23-6-5-14(12-23)8-18-16(24)4-2-3-13-9-19-20-10-13/h7,9-11,14H,2-6,8,12H2,1H3,(H,18,24)(H,19,20)/t14-/m1/s1. The van der Waals surface area contributed by atoms with E-state index in [0.29, 0.717) is 18.9 Å². The average molecular weight is 344 g/mol. The van der Waals surface area contributed by atoms with Crippen molar-refractivity contribution in [3.63, 3.8) is 0 Å². The normalized spacial score (nSPS) is 17.0. The van der Waals surface area contributed by atoms with Crippen molar-refractivity contribution >= 4 is 11.6 Å². The minimum atomic E-state index is -0.105. The number of H-pyrrole nitrogens is 1. The maximum atomic E-state index is 12.0. The summed E-state index contributed by atoms with van der Waals surface area (Å²) in [5.41, 5.74) is 1.88. The Hall–Kier alpha value is -2.64. The highest BCUT2D eigenvalue weighted by atomic mass is 16.1. The molecule has 0 radical (unpaired) electrons. The molecule has 0 bridgehead atoms. The van der Waals surface area contributed by atoms with Gasteiger partial charge in [-0.15, -0.1) is 0 Å². The molecule has 134 valence electrons. The van der Waals surface area contributed by atoms with Crippen molar-refractivity contribution < 1.29 is 4.79 Å². The minimum Gasteiger partial charge on any atom is -0.370 e. The lowest BCUT2D eigenvalue weighted by molar-refractivity contribution is -0.121. The van der Waals surface area contributed by atoms with Crippen molar-refractivity contribution in [3.05, 3.63) is 40.6 Å². The summed E-state index contributed by atoms with van der Waals surface area (Å²) in [6, 6.07) is 1.61. The third-order valence-electron chi connectivity index (χ3n) is 4.62. The molecule has 8 heteroatoms. The van der Waals surface area contributed by atoms with Gasteiger partial charge in [0.05, 0.1) is 18.1 Å². The van der Waals surface area contributed by atoms with Gasteiger partial charge in [-0.3, -0.25) is 14.7 Å². The summed E-state index contributed by atoms with van der Waals surface area (Å²) in [4.78, 5) is 25.8. The number of hydrogen-bond acceptors (Lipinski definition) is 5. The summed E-state index contributed by atoms with van der Waals surface area (Å²) in [5.74, 6) is 0.499. The lowest BCUT2D eigenvalue weighted by atomic mass is 10.1. The Balaban J connectivity index is 1.38. The molecule has 1 amide bonds. The van der Waals surface area contributed by atoms with Gasteiger partial charge in [-0.25, -0.2) is 4.68 Å². The number of hydrogen-bond donors (Lipinski definition) is 2.